The number of nitrogens with zero attached hydrogens (tertiary/aromatic N) is 4. The molecule has 2 aromatic carbocycles. The molecule has 0 bridgehead atoms. The number of hydrogen-bond acceptors (Lipinski definition) is 6. The number of carbonyl (C=O) groups excluding carboxylic acids is 1. The number of carbonyl (C=O) groups is 1. The normalized spacial score (nSPS) is 12.6. The van der Waals surface area contributed by atoms with E-state index in [1.807, 2.05) is 51.1 Å². The van der Waals surface area contributed by atoms with Gasteiger partial charge in [0.05, 0.1) is 17.0 Å². The Morgan fingerprint density at radius 1 is 1.08 bits per heavy atom. The lowest BCUT2D eigenvalue weighted by atomic mass is 10.1. The lowest BCUT2D eigenvalue weighted by Crippen LogP contribution is -2.36. The Bertz CT molecular complexity index is 1350. The lowest BCUT2D eigenvalue weighted by Gasteiger charge is -2.16. The van der Waals surface area contributed by atoms with Crippen molar-refractivity contribution < 1.29 is 18.0 Å². The van der Waals surface area contributed by atoms with Crippen LogP contribution in [-0.2, 0) is 18.3 Å². The number of nitrogens with one attached hydrogen (secondary N) is 1. The van der Waals surface area contributed by atoms with Crippen LogP contribution in [0.3, 0.4) is 0 Å². The van der Waals surface area contributed by atoms with E-state index in [1.165, 1.54) is 29.2 Å². The van der Waals surface area contributed by atoms with Crippen LogP contribution in [0, 0.1) is 5.92 Å². The fraction of sp³-hybridized carbons (Fsp3) is 0.308. The maximum absolute atomic E-state index is 13.4. The van der Waals surface area contributed by atoms with Crippen molar-refractivity contribution >= 4 is 29.0 Å². The van der Waals surface area contributed by atoms with E-state index in [0.717, 1.165) is 17.7 Å². The van der Waals surface area contributed by atoms with Crippen LogP contribution in [-0.4, -0.2) is 31.7 Å². The van der Waals surface area contributed by atoms with E-state index >= 15 is 0 Å². The first-order valence-corrected chi connectivity index (χ1v) is 13.5. The van der Waals surface area contributed by atoms with Crippen LogP contribution >= 0.6 is 23.1 Å². The smallest absolute Gasteiger partial charge is 0.348 e. The molecule has 6 nitrogen and oxygen atoms in total. The molecule has 0 fully saturated rings. The molecule has 0 saturated carbocycles. The zero-order valence-corrected chi connectivity index (χ0v) is 22.1. The van der Waals surface area contributed by atoms with Crippen LogP contribution in [0.2, 0.25) is 0 Å². The summed E-state index contributed by atoms with van der Waals surface area (Å²) in [7, 11) is 0. The summed E-state index contributed by atoms with van der Waals surface area (Å²) >= 11 is 2.66. The summed E-state index contributed by atoms with van der Waals surface area (Å²) in [5.74, 6) is 0.978. The zero-order valence-electron chi connectivity index (χ0n) is 20.5. The molecule has 0 aliphatic carbocycles. The van der Waals surface area contributed by atoms with Crippen molar-refractivity contribution in [3.8, 4) is 5.69 Å². The standard InChI is InChI=1S/C26H26F3N5OS2/c1-16(2)17(3)30-24(35)21-14-36-23(31-21)15-37-25-33-32-22(12-18-8-5-4-6-9-18)34(25)20-11-7-10-19(13-20)26(27,28)29/h4-11,13-14,16-17H,12,15H2,1-3H3,(H,30,35). The predicted molar refractivity (Wildman–Crippen MR) is 139 cm³/mol. The quantitative estimate of drug-likeness (QED) is 0.247. The van der Waals surface area contributed by atoms with Gasteiger partial charge in [-0.1, -0.05) is 62.0 Å². The third-order valence-corrected chi connectivity index (χ3v) is 7.78. The molecule has 1 N–H and O–H groups in total. The Balaban J connectivity index is 1.59. The minimum Gasteiger partial charge on any atom is -0.348 e. The number of aromatic nitrogens is 4. The number of hydrogen-bond donors (Lipinski definition) is 1. The molecule has 0 spiro atoms. The van der Waals surface area contributed by atoms with Gasteiger partial charge in [-0.05, 0) is 36.6 Å². The van der Waals surface area contributed by atoms with E-state index in [0.29, 0.717) is 45.5 Å². The lowest BCUT2D eigenvalue weighted by molar-refractivity contribution is -0.137. The van der Waals surface area contributed by atoms with Crippen LogP contribution in [0.1, 0.15) is 53.2 Å². The number of halogens is 3. The molecule has 0 aliphatic rings. The number of thioether (sulfide) groups is 1. The molecule has 1 amide bonds. The molecule has 37 heavy (non-hydrogen) atoms. The van der Waals surface area contributed by atoms with E-state index in [9.17, 15) is 18.0 Å². The second kappa shape index (κ2) is 11.5. The number of rotatable bonds is 9. The largest absolute Gasteiger partial charge is 0.416 e. The average molecular weight is 546 g/mol. The van der Waals surface area contributed by atoms with Gasteiger partial charge in [-0.2, -0.15) is 13.2 Å². The number of thiazole rings is 1. The maximum atomic E-state index is 13.4. The van der Waals surface area contributed by atoms with Gasteiger partial charge in [0.15, 0.2) is 5.16 Å². The summed E-state index contributed by atoms with van der Waals surface area (Å²) in [6.07, 6.45) is -4.07. The van der Waals surface area contributed by atoms with Crippen molar-refractivity contribution in [2.24, 2.45) is 5.92 Å². The highest BCUT2D eigenvalue weighted by Crippen LogP contribution is 2.33. The number of alkyl halides is 3. The molecule has 0 saturated heterocycles. The highest BCUT2D eigenvalue weighted by atomic mass is 32.2. The highest BCUT2D eigenvalue weighted by Gasteiger charge is 2.31. The first-order chi connectivity index (χ1) is 17.6. The summed E-state index contributed by atoms with van der Waals surface area (Å²) in [5.41, 5.74) is 0.893. The molecule has 194 valence electrons. The topological polar surface area (TPSA) is 72.7 Å². The molecule has 11 heteroatoms. The molecule has 1 atom stereocenters. The SMILES string of the molecule is CC(C)C(C)NC(=O)c1csc(CSc2nnc(Cc3ccccc3)n2-c2cccc(C(F)(F)F)c2)n1. The molecule has 2 aromatic heterocycles. The Labute approximate surface area is 221 Å². The predicted octanol–water partition coefficient (Wildman–Crippen LogP) is 6.40. The molecular weight excluding hydrogens is 519 g/mol. The van der Waals surface area contributed by atoms with Crippen LogP contribution in [0.4, 0.5) is 13.2 Å². The van der Waals surface area contributed by atoms with E-state index < -0.39 is 11.7 Å². The fourth-order valence-electron chi connectivity index (χ4n) is 3.42. The van der Waals surface area contributed by atoms with E-state index in [-0.39, 0.29) is 11.9 Å². The van der Waals surface area contributed by atoms with Gasteiger partial charge in [0, 0.05) is 17.8 Å². The Morgan fingerprint density at radius 3 is 2.54 bits per heavy atom. The van der Waals surface area contributed by atoms with E-state index in [2.05, 4.69) is 20.5 Å². The first-order valence-electron chi connectivity index (χ1n) is 11.7. The van der Waals surface area contributed by atoms with Gasteiger partial charge in [0.1, 0.15) is 16.5 Å². The van der Waals surface area contributed by atoms with Gasteiger partial charge >= 0.3 is 6.18 Å². The summed E-state index contributed by atoms with van der Waals surface area (Å²) < 4.78 is 41.9. The summed E-state index contributed by atoms with van der Waals surface area (Å²) in [5, 5.41) is 14.4. The third-order valence-electron chi connectivity index (χ3n) is 5.81. The van der Waals surface area contributed by atoms with Gasteiger partial charge in [-0.15, -0.1) is 21.5 Å². The number of amides is 1. The molecule has 2 heterocycles. The van der Waals surface area contributed by atoms with Gasteiger partial charge in [-0.3, -0.25) is 9.36 Å². The minimum atomic E-state index is -4.47. The number of benzene rings is 2. The van der Waals surface area contributed by atoms with Crippen LogP contribution in [0.25, 0.3) is 5.69 Å². The van der Waals surface area contributed by atoms with Crippen molar-refractivity contribution in [3.05, 3.63) is 87.6 Å². The van der Waals surface area contributed by atoms with E-state index in [4.69, 9.17) is 0 Å². The molecule has 0 aliphatic heterocycles. The molecule has 4 aromatic rings. The molecule has 1 unspecified atom stereocenters. The first kappa shape index (κ1) is 26.9. The van der Waals surface area contributed by atoms with Crippen molar-refractivity contribution in [2.75, 3.05) is 0 Å². The van der Waals surface area contributed by atoms with Crippen LogP contribution in [0.5, 0.6) is 0 Å². The van der Waals surface area contributed by atoms with Gasteiger partial charge in [-0.25, -0.2) is 4.98 Å². The van der Waals surface area contributed by atoms with Gasteiger partial charge in [0.2, 0.25) is 0 Å². The zero-order chi connectivity index (χ0) is 26.6. The minimum absolute atomic E-state index is 0.0149. The molecule has 4 rings (SSSR count). The monoisotopic (exact) mass is 545 g/mol. The van der Waals surface area contributed by atoms with Crippen molar-refractivity contribution in [2.45, 2.75) is 50.3 Å². The average Bonchev–Trinajstić information content (AvgIpc) is 3.50. The molecule has 0 radical (unpaired) electrons. The second-order valence-electron chi connectivity index (χ2n) is 8.87. The van der Waals surface area contributed by atoms with Crippen molar-refractivity contribution in [1.29, 1.82) is 0 Å². The fourth-order valence-corrected chi connectivity index (χ4v) is 5.19. The highest BCUT2D eigenvalue weighted by molar-refractivity contribution is 7.98. The Kier molecular flexibility index (Phi) is 8.33. The summed E-state index contributed by atoms with van der Waals surface area (Å²) in [6, 6.07) is 14.7. The summed E-state index contributed by atoms with van der Waals surface area (Å²) in [4.78, 5) is 16.9. The Morgan fingerprint density at radius 2 is 1.84 bits per heavy atom. The second-order valence-corrected chi connectivity index (χ2v) is 10.8. The van der Waals surface area contributed by atoms with E-state index in [1.54, 1.807) is 16.0 Å². The van der Waals surface area contributed by atoms with Crippen molar-refractivity contribution in [3.63, 3.8) is 0 Å². The van der Waals surface area contributed by atoms with Crippen LogP contribution < -0.4 is 5.32 Å². The van der Waals surface area contributed by atoms with Crippen LogP contribution in [0.15, 0.2) is 65.1 Å². The molecular formula is C26H26F3N5OS2. The maximum Gasteiger partial charge on any atom is 0.416 e. The van der Waals surface area contributed by atoms with Crippen molar-refractivity contribution in [1.82, 2.24) is 25.1 Å². The van der Waals surface area contributed by atoms with Gasteiger partial charge in [0.25, 0.3) is 5.91 Å². The van der Waals surface area contributed by atoms with Gasteiger partial charge < -0.3 is 5.32 Å². The third kappa shape index (κ3) is 6.78. The Hall–Kier alpha value is -3.18. The summed E-state index contributed by atoms with van der Waals surface area (Å²) in [6.45, 7) is 6.00.